The molecule has 0 aliphatic carbocycles. The zero-order valence-corrected chi connectivity index (χ0v) is 9.35. The molecule has 82 valence electrons. The highest BCUT2D eigenvalue weighted by Crippen LogP contribution is 2.14. The van der Waals surface area contributed by atoms with Crippen molar-refractivity contribution >= 4 is 5.91 Å². The van der Waals surface area contributed by atoms with Gasteiger partial charge in [0.1, 0.15) is 0 Å². The number of hydrogen-bond acceptors (Lipinski definition) is 1. The summed E-state index contributed by atoms with van der Waals surface area (Å²) in [7, 11) is 0. The van der Waals surface area contributed by atoms with E-state index in [1.54, 1.807) is 0 Å². The first-order valence-corrected chi connectivity index (χ1v) is 6.12. The summed E-state index contributed by atoms with van der Waals surface area (Å²) >= 11 is 0. The third-order valence-corrected chi connectivity index (χ3v) is 2.98. The SMILES string of the molecule is CCCCCC1CCCCCC(=O)N1. The van der Waals surface area contributed by atoms with E-state index in [0.29, 0.717) is 6.04 Å². The number of carbonyl (C=O) groups is 1. The van der Waals surface area contributed by atoms with Crippen molar-refractivity contribution in [2.24, 2.45) is 0 Å². The van der Waals surface area contributed by atoms with Crippen LogP contribution in [0.2, 0.25) is 0 Å². The predicted molar refractivity (Wildman–Crippen MR) is 59.2 cm³/mol. The molecule has 1 unspecified atom stereocenters. The Hall–Kier alpha value is -0.530. The maximum Gasteiger partial charge on any atom is 0.220 e. The molecule has 2 nitrogen and oxygen atoms in total. The zero-order valence-electron chi connectivity index (χ0n) is 9.35. The van der Waals surface area contributed by atoms with Gasteiger partial charge in [0.05, 0.1) is 0 Å². The molecule has 1 atom stereocenters. The maximum absolute atomic E-state index is 11.4. The largest absolute Gasteiger partial charge is 0.353 e. The van der Waals surface area contributed by atoms with Crippen LogP contribution < -0.4 is 5.32 Å². The van der Waals surface area contributed by atoms with Crippen molar-refractivity contribution in [3.63, 3.8) is 0 Å². The van der Waals surface area contributed by atoms with Crippen LogP contribution in [0.5, 0.6) is 0 Å². The number of carbonyl (C=O) groups excluding carboxylic acids is 1. The normalized spacial score (nSPS) is 23.8. The molecule has 2 heteroatoms. The van der Waals surface area contributed by atoms with Gasteiger partial charge in [0.2, 0.25) is 5.91 Å². The summed E-state index contributed by atoms with van der Waals surface area (Å²) in [6.45, 7) is 2.22. The number of unbranched alkanes of at least 4 members (excludes halogenated alkanes) is 2. The van der Waals surface area contributed by atoms with Crippen LogP contribution in [-0.4, -0.2) is 11.9 Å². The molecular formula is C12H23NO. The van der Waals surface area contributed by atoms with E-state index in [1.807, 2.05) is 0 Å². The minimum atomic E-state index is 0.270. The lowest BCUT2D eigenvalue weighted by atomic mass is 9.99. The van der Waals surface area contributed by atoms with Crippen molar-refractivity contribution in [3.8, 4) is 0 Å². The van der Waals surface area contributed by atoms with Gasteiger partial charge in [0, 0.05) is 12.5 Å². The predicted octanol–water partition coefficient (Wildman–Crippen LogP) is 3.02. The van der Waals surface area contributed by atoms with Crippen LogP contribution in [0.4, 0.5) is 0 Å². The third kappa shape index (κ3) is 4.64. The van der Waals surface area contributed by atoms with Crippen LogP contribution in [0.25, 0.3) is 0 Å². The minimum absolute atomic E-state index is 0.270. The molecule has 1 fully saturated rings. The second-order valence-corrected chi connectivity index (χ2v) is 4.36. The van der Waals surface area contributed by atoms with Gasteiger partial charge in [-0.1, -0.05) is 39.0 Å². The molecule has 0 aromatic carbocycles. The summed E-state index contributed by atoms with van der Waals surface area (Å²) in [5.41, 5.74) is 0. The number of rotatable bonds is 4. The molecule has 0 saturated carbocycles. The van der Waals surface area contributed by atoms with E-state index in [0.717, 1.165) is 12.8 Å². The van der Waals surface area contributed by atoms with Gasteiger partial charge in [-0.05, 0) is 19.3 Å². The molecule has 0 aromatic rings. The fraction of sp³-hybridized carbons (Fsp3) is 0.917. The fourth-order valence-corrected chi connectivity index (χ4v) is 2.08. The Morgan fingerprint density at radius 2 is 2.14 bits per heavy atom. The average molecular weight is 197 g/mol. The summed E-state index contributed by atoms with van der Waals surface area (Å²) in [6, 6.07) is 0.467. The molecule has 1 amide bonds. The zero-order chi connectivity index (χ0) is 10.2. The molecule has 1 aliphatic heterocycles. The van der Waals surface area contributed by atoms with Crippen molar-refractivity contribution in [3.05, 3.63) is 0 Å². The Morgan fingerprint density at radius 1 is 1.29 bits per heavy atom. The van der Waals surface area contributed by atoms with Gasteiger partial charge in [0.25, 0.3) is 0 Å². The van der Waals surface area contributed by atoms with E-state index in [1.165, 1.54) is 44.9 Å². The highest BCUT2D eigenvalue weighted by molar-refractivity contribution is 5.76. The van der Waals surface area contributed by atoms with Crippen molar-refractivity contribution < 1.29 is 4.79 Å². The molecule has 1 saturated heterocycles. The number of nitrogens with one attached hydrogen (secondary N) is 1. The van der Waals surface area contributed by atoms with E-state index in [9.17, 15) is 4.79 Å². The topological polar surface area (TPSA) is 29.1 Å². The molecule has 0 bridgehead atoms. The Labute approximate surface area is 87.5 Å². The van der Waals surface area contributed by atoms with Gasteiger partial charge in [-0.25, -0.2) is 0 Å². The molecular weight excluding hydrogens is 174 g/mol. The Morgan fingerprint density at radius 3 is 2.93 bits per heavy atom. The van der Waals surface area contributed by atoms with Crippen LogP contribution in [0.1, 0.15) is 64.7 Å². The Kier molecular flexibility index (Phi) is 5.65. The summed E-state index contributed by atoms with van der Waals surface area (Å²) < 4.78 is 0. The smallest absolute Gasteiger partial charge is 0.220 e. The van der Waals surface area contributed by atoms with Gasteiger partial charge in [-0.15, -0.1) is 0 Å². The van der Waals surface area contributed by atoms with Gasteiger partial charge in [-0.2, -0.15) is 0 Å². The van der Waals surface area contributed by atoms with Gasteiger partial charge in [-0.3, -0.25) is 4.79 Å². The molecule has 1 N–H and O–H groups in total. The van der Waals surface area contributed by atoms with Crippen molar-refractivity contribution in [2.75, 3.05) is 0 Å². The van der Waals surface area contributed by atoms with Gasteiger partial charge in [0.15, 0.2) is 0 Å². The lowest BCUT2D eigenvalue weighted by Crippen LogP contribution is -2.35. The first kappa shape index (κ1) is 11.5. The monoisotopic (exact) mass is 197 g/mol. The third-order valence-electron chi connectivity index (χ3n) is 2.98. The molecule has 0 spiro atoms. The standard InChI is InChI=1S/C12H23NO/c1-2-3-5-8-11-9-6-4-7-10-12(14)13-11/h11H,2-10H2,1H3,(H,13,14). The Balaban J connectivity index is 2.22. The van der Waals surface area contributed by atoms with Gasteiger partial charge < -0.3 is 5.32 Å². The van der Waals surface area contributed by atoms with Crippen LogP contribution in [0.15, 0.2) is 0 Å². The van der Waals surface area contributed by atoms with E-state index in [4.69, 9.17) is 0 Å². The second-order valence-electron chi connectivity index (χ2n) is 4.36. The molecule has 1 rings (SSSR count). The lowest BCUT2D eigenvalue weighted by molar-refractivity contribution is -0.122. The summed E-state index contributed by atoms with van der Waals surface area (Å²) in [6.07, 6.45) is 10.5. The molecule has 1 heterocycles. The van der Waals surface area contributed by atoms with Crippen LogP contribution in [0, 0.1) is 0 Å². The van der Waals surface area contributed by atoms with E-state index >= 15 is 0 Å². The van der Waals surface area contributed by atoms with E-state index in [2.05, 4.69) is 12.2 Å². The highest BCUT2D eigenvalue weighted by Gasteiger charge is 2.14. The molecule has 0 radical (unpaired) electrons. The number of amides is 1. The summed E-state index contributed by atoms with van der Waals surface area (Å²) in [4.78, 5) is 11.4. The number of hydrogen-bond donors (Lipinski definition) is 1. The lowest BCUT2D eigenvalue weighted by Gasteiger charge is -2.21. The molecule has 1 aliphatic rings. The van der Waals surface area contributed by atoms with Crippen molar-refractivity contribution in [2.45, 2.75) is 70.8 Å². The van der Waals surface area contributed by atoms with Crippen molar-refractivity contribution in [1.29, 1.82) is 0 Å². The van der Waals surface area contributed by atoms with Crippen LogP contribution in [0.3, 0.4) is 0 Å². The van der Waals surface area contributed by atoms with E-state index < -0.39 is 0 Å². The first-order chi connectivity index (χ1) is 6.83. The van der Waals surface area contributed by atoms with Crippen molar-refractivity contribution in [1.82, 2.24) is 5.32 Å². The van der Waals surface area contributed by atoms with E-state index in [-0.39, 0.29) is 5.91 Å². The summed E-state index contributed by atoms with van der Waals surface area (Å²) in [5, 5.41) is 3.14. The second kappa shape index (κ2) is 6.86. The van der Waals surface area contributed by atoms with Crippen LogP contribution >= 0.6 is 0 Å². The quantitative estimate of drug-likeness (QED) is 0.690. The Bertz CT molecular complexity index is 168. The van der Waals surface area contributed by atoms with Gasteiger partial charge >= 0.3 is 0 Å². The molecule has 14 heavy (non-hydrogen) atoms. The summed E-state index contributed by atoms with van der Waals surface area (Å²) in [5.74, 6) is 0.270. The molecule has 0 aromatic heterocycles. The highest BCUT2D eigenvalue weighted by atomic mass is 16.1. The first-order valence-electron chi connectivity index (χ1n) is 6.12. The maximum atomic E-state index is 11.4. The fourth-order valence-electron chi connectivity index (χ4n) is 2.08. The minimum Gasteiger partial charge on any atom is -0.353 e. The van der Waals surface area contributed by atoms with Crippen LogP contribution in [-0.2, 0) is 4.79 Å². The average Bonchev–Trinajstić information content (AvgIpc) is 2.13.